The fourth-order valence-corrected chi connectivity index (χ4v) is 3.61. The maximum atomic E-state index is 13.1. The van der Waals surface area contributed by atoms with Gasteiger partial charge in [-0.1, -0.05) is 60.7 Å². The largest absolute Gasteiger partial charge is 0.384 e. The van der Waals surface area contributed by atoms with E-state index in [9.17, 15) is 9.90 Å². The van der Waals surface area contributed by atoms with Crippen LogP contribution in [0.4, 0.5) is 0 Å². The molecule has 1 saturated heterocycles. The Labute approximate surface area is 137 Å². The van der Waals surface area contributed by atoms with Crippen molar-refractivity contribution in [2.45, 2.75) is 18.9 Å². The summed E-state index contributed by atoms with van der Waals surface area (Å²) in [7, 11) is 0. The van der Waals surface area contributed by atoms with Gasteiger partial charge < -0.3 is 10.0 Å². The number of likely N-dealkylation sites (tertiary alicyclic amines) is 1. The van der Waals surface area contributed by atoms with Crippen molar-refractivity contribution in [2.24, 2.45) is 5.92 Å². The Balaban J connectivity index is 1.99. The number of piperidine rings is 1. The number of hydrogen-bond acceptors (Lipinski definition) is 2. The zero-order valence-electron chi connectivity index (χ0n) is 13.5. The number of carbonyl (C=O) groups excluding carboxylic acids is 1. The summed E-state index contributed by atoms with van der Waals surface area (Å²) in [6.45, 7) is 4.67. The molecule has 120 valence electrons. The Kier molecular flexibility index (Phi) is 4.60. The Morgan fingerprint density at radius 3 is 2.35 bits per heavy atom. The van der Waals surface area contributed by atoms with E-state index in [1.54, 1.807) is 0 Å². The first-order chi connectivity index (χ1) is 11.1. The summed E-state index contributed by atoms with van der Waals surface area (Å²) >= 11 is 0. The average Bonchev–Trinajstić information content (AvgIpc) is 2.63. The molecule has 3 atom stereocenters. The van der Waals surface area contributed by atoms with Crippen molar-refractivity contribution in [2.75, 3.05) is 19.6 Å². The molecule has 0 bridgehead atoms. The number of carbonyl (C=O) groups is 1. The number of quaternary nitrogens is 1. The molecule has 0 spiro atoms. The lowest BCUT2D eigenvalue weighted by atomic mass is 9.72. The molecule has 0 aliphatic carbocycles. The lowest BCUT2D eigenvalue weighted by molar-refractivity contribution is -0.908. The van der Waals surface area contributed by atoms with Gasteiger partial charge in [-0.05, 0) is 12.5 Å². The second-order valence-corrected chi connectivity index (χ2v) is 6.38. The summed E-state index contributed by atoms with van der Waals surface area (Å²) in [6.07, 6.45) is 0.615. The van der Waals surface area contributed by atoms with Crippen LogP contribution in [0.3, 0.4) is 0 Å². The van der Waals surface area contributed by atoms with Crippen molar-refractivity contribution in [3.63, 3.8) is 0 Å². The monoisotopic (exact) mass is 310 g/mol. The zero-order valence-corrected chi connectivity index (χ0v) is 13.5. The van der Waals surface area contributed by atoms with Crippen LogP contribution in [-0.2, 0) is 5.60 Å². The van der Waals surface area contributed by atoms with Crippen molar-refractivity contribution in [3.05, 3.63) is 71.8 Å². The molecule has 1 aliphatic heterocycles. The van der Waals surface area contributed by atoms with E-state index in [1.807, 2.05) is 60.7 Å². The normalized spacial score (nSPS) is 27.6. The van der Waals surface area contributed by atoms with Crippen LogP contribution in [0.2, 0.25) is 0 Å². The average molecular weight is 310 g/mol. The van der Waals surface area contributed by atoms with Gasteiger partial charge in [0.25, 0.3) is 0 Å². The molecule has 1 aliphatic rings. The molecule has 2 N–H and O–H groups in total. The molecule has 0 saturated carbocycles. The Morgan fingerprint density at radius 2 is 1.74 bits per heavy atom. The summed E-state index contributed by atoms with van der Waals surface area (Å²) in [6, 6.07) is 19.0. The smallest absolute Gasteiger partial charge is 0.174 e. The molecule has 3 rings (SSSR count). The maximum Gasteiger partial charge on any atom is 0.174 e. The molecule has 1 fully saturated rings. The van der Waals surface area contributed by atoms with Gasteiger partial charge in [0, 0.05) is 12.0 Å². The van der Waals surface area contributed by atoms with E-state index in [0.717, 1.165) is 18.7 Å². The highest BCUT2D eigenvalue weighted by Gasteiger charge is 2.48. The van der Waals surface area contributed by atoms with Gasteiger partial charge in [-0.25, -0.2) is 0 Å². The Bertz CT molecular complexity index is 656. The summed E-state index contributed by atoms with van der Waals surface area (Å²) in [5.74, 6) is -0.362. The second kappa shape index (κ2) is 6.65. The number of hydrogen-bond donors (Lipinski definition) is 2. The fraction of sp³-hybridized carbons (Fsp3) is 0.350. The highest BCUT2D eigenvalue weighted by Crippen LogP contribution is 2.36. The minimum absolute atomic E-state index is 0.0441. The number of Topliss-reactive ketones (excluding diaryl/α,β-unsaturated/α-hetero) is 1. The van der Waals surface area contributed by atoms with Gasteiger partial charge in [-0.2, -0.15) is 0 Å². The number of nitrogens with one attached hydrogen (secondary N) is 1. The van der Waals surface area contributed by atoms with Gasteiger partial charge in [0.15, 0.2) is 5.78 Å². The van der Waals surface area contributed by atoms with E-state index in [2.05, 4.69) is 6.92 Å². The van der Waals surface area contributed by atoms with Crippen LogP contribution < -0.4 is 4.90 Å². The zero-order chi connectivity index (χ0) is 16.3. The molecule has 0 radical (unpaired) electrons. The Hall–Kier alpha value is -1.97. The fourth-order valence-electron chi connectivity index (χ4n) is 3.61. The Morgan fingerprint density at radius 1 is 1.13 bits per heavy atom. The summed E-state index contributed by atoms with van der Waals surface area (Å²) in [5.41, 5.74) is 0.459. The van der Waals surface area contributed by atoms with E-state index in [4.69, 9.17) is 0 Å². The summed E-state index contributed by atoms with van der Waals surface area (Å²) in [5, 5.41) is 11.4. The molecule has 1 heterocycles. The van der Waals surface area contributed by atoms with Crippen LogP contribution in [0.25, 0.3) is 0 Å². The quantitative estimate of drug-likeness (QED) is 0.844. The molecular weight excluding hydrogens is 286 g/mol. The molecular formula is C20H24NO2+. The molecule has 3 nitrogen and oxygen atoms in total. The second-order valence-electron chi connectivity index (χ2n) is 6.38. The lowest BCUT2D eigenvalue weighted by Gasteiger charge is -2.41. The van der Waals surface area contributed by atoms with Crippen LogP contribution >= 0.6 is 0 Å². The topological polar surface area (TPSA) is 41.7 Å². The van der Waals surface area contributed by atoms with Gasteiger partial charge in [-0.15, -0.1) is 0 Å². The number of ketones is 1. The molecule has 0 amide bonds. The third kappa shape index (κ3) is 3.07. The van der Waals surface area contributed by atoms with Crippen LogP contribution in [-0.4, -0.2) is 30.5 Å². The predicted octanol–water partition coefficient (Wildman–Crippen LogP) is 1.68. The maximum absolute atomic E-state index is 13.1. The van der Waals surface area contributed by atoms with Gasteiger partial charge in [0.05, 0.1) is 19.6 Å². The van der Waals surface area contributed by atoms with E-state index >= 15 is 0 Å². The van der Waals surface area contributed by atoms with Crippen LogP contribution in [0.15, 0.2) is 60.7 Å². The molecule has 2 aromatic rings. The first kappa shape index (κ1) is 15.9. The van der Waals surface area contributed by atoms with Crippen molar-refractivity contribution >= 4 is 5.78 Å². The van der Waals surface area contributed by atoms with E-state index in [0.29, 0.717) is 18.5 Å². The van der Waals surface area contributed by atoms with Crippen molar-refractivity contribution < 1.29 is 14.8 Å². The van der Waals surface area contributed by atoms with Gasteiger partial charge >= 0.3 is 0 Å². The number of rotatable bonds is 4. The van der Waals surface area contributed by atoms with Gasteiger partial charge in [0.2, 0.25) is 0 Å². The van der Waals surface area contributed by atoms with Crippen molar-refractivity contribution in [1.82, 2.24) is 0 Å². The summed E-state index contributed by atoms with van der Waals surface area (Å²) < 4.78 is 0. The number of benzene rings is 2. The third-order valence-corrected chi connectivity index (χ3v) is 5.08. The van der Waals surface area contributed by atoms with Gasteiger partial charge in [-0.3, -0.25) is 4.79 Å². The van der Waals surface area contributed by atoms with Gasteiger partial charge in [0.1, 0.15) is 11.5 Å². The molecule has 1 unspecified atom stereocenters. The number of aliphatic hydroxyl groups is 1. The first-order valence-electron chi connectivity index (χ1n) is 8.36. The molecule has 2 aromatic carbocycles. The lowest BCUT2D eigenvalue weighted by Crippen LogP contribution is -3.14. The summed E-state index contributed by atoms with van der Waals surface area (Å²) in [4.78, 5) is 14.5. The highest BCUT2D eigenvalue weighted by atomic mass is 16.3. The first-order valence-corrected chi connectivity index (χ1v) is 8.36. The van der Waals surface area contributed by atoms with E-state index in [-0.39, 0.29) is 5.78 Å². The van der Waals surface area contributed by atoms with Crippen molar-refractivity contribution in [1.29, 1.82) is 0 Å². The highest BCUT2D eigenvalue weighted by molar-refractivity contribution is 5.98. The van der Waals surface area contributed by atoms with E-state index in [1.165, 1.54) is 4.90 Å². The van der Waals surface area contributed by atoms with Crippen molar-refractivity contribution in [3.8, 4) is 0 Å². The SMILES string of the molecule is CC[NH+]1CC[C@](O)(c2ccccc2)[C@H](C(=O)c2ccccc2)C1. The van der Waals surface area contributed by atoms with Crippen LogP contribution in [0, 0.1) is 5.92 Å². The van der Waals surface area contributed by atoms with Crippen LogP contribution in [0.5, 0.6) is 0 Å². The molecule has 23 heavy (non-hydrogen) atoms. The minimum atomic E-state index is -1.08. The minimum Gasteiger partial charge on any atom is -0.384 e. The van der Waals surface area contributed by atoms with E-state index < -0.39 is 11.5 Å². The van der Waals surface area contributed by atoms with Crippen LogP contribution in [0.1, 0.15) is 29.3 Å². The predicted molar refractivity (Wildman–Crippen MR) is 90.5 cm³/mol. The molecule has 3 heteroatoms. The molecule has 0 aromatic heterocycles. The third-order valence-electron chi connectivity index (χ3n) is 5.08. The standard InChI is InChI=1S/C20H23NO2/c1-2-21-14-13-20(23,17-11-7-4-8-12-17)18(15-21)19(22)16-9-5-3-6-10-16/h3-12,18,23H,2,13-15H2,1H3/p+1/t18-,20-/m0/s1.